The Bertz CT molecular complexity index is 1250. The van der Waals surface area contributed by atoms with E-state index in [0.717, 1.165) is 36.2 Å². The fraction of sp³-hybridized carbons (Fsp3) is 0.440. The monoisotopic (exact) mass is 579 g/mol. The number of hydrogen-bond acceptors (Lipinski definition) is 5. The Morgan fingerprint density at radius 1 is 1.05 bits per heavy atom. The molecule has 1 saturated carbocycles. The molecule has 0 unspecified atom stereocenters. The number of aliphatic hydroxyl groups excluding tert-OH is 1. The molecule has 3 amide bonds. The summed E-state index contributed by atoms with van der Waals surface area (Å²) in [4.78, 5) is 28.5. The molecule has 1 aliphatic carbocycles. The van der Waals surface area contributed by atoms with Crippen molar-refractivity contribution in [3.8, 4) is 5.75 Å². The van der Waals surface area contributed by atoms with Crippen molar-refractivity contribution >= 4 is 23.5 Å². The SMILES string of the molecule is CN(C(=O)Oc1c(N2CCN(CCOC3CC(O)C3)C2=O)cc(C(F)(F)F)cc1C(F)(F)F)c1ccc(F)cc1. The van der Waals surface area contributed by atoms with E-state index in [9.17, 15) is 45.4 Å². The third kappa shape index (κ3) is 6.41. The number of rotatable bonds is 7. The third-order valence-electron chi connectivity index (χ3n) is 6.55. The minimum atomic E-state index is -5.40. The maximum absolute atomic E-state index is 14.0. The Balaban J connectivity index is 1.66. The second-order valence-corrected chi connectivity index (χ2v) is 9.31. The maximum atomic E-state index is 14.0. The summed E-state index contributed by atoms with van der Waals surface area (Å²) in [6.07, 6.45) is -11.9. The van der Waals surface area contributed by atoms with E-state index in [1.54, 1.807) is 0 Å². The van der Waals surface area contributed by atoms with Crippen LogP contribution in [0.2, 0.25) is 0 Å². The maximum Gasteiger partial charge on any atom is 0.420 e. The van der Waals surface area contributed by atoms with Crippen LogP contribution in [0, 0.1) is 5.82 Å². The molecular formula is C25H24F7N3O5. The summed E-state index contributed by atoms with van der Waals surface area (Å²) in [5.41, 5.74) is -4.47. The molecule has 4 rings (SSSR count). The Hall–Kier alpha value is -3.59. The second-order valence-electron chi connectivity index (χ2n) is 9.31. The van der Waals surface area contributed by atoms with Gasteiger partial charge in [-0.15, -0.1) is 0 Å². The zero-order chi connectivity index (χ0) is 29.4. The average Bonchev–Trinajstić information content (AvgIpc) is 3.21. The van der Waals surface area contributed by atoms with Gasteiger partial charge in [-0.05, 0) is 49.2 Å². The van der Waals surface area contributed by atoms with Crippen molar-refractivity contribution in [1.82, 2.24) is 4.90 Å². The zero-order valence-electron chi connectivity index (χ0n) is 20.9. The molecule has 1 saturated heterocycles. The van der Waals surface area contributed by atoms with Gasteiger partial charge in [0, 0.05) is 32.4 Å². The number of alkyl halides is 6. The van der Waals surface area contributed by atoms with Crippen LogP contribution in [0.4, 0.5) is 51.7 Å². The van der Waals surface area contributed by atoms with Crippen molar-refractivity contribution in [2.75, 3.05) is 43.1 Å². The molecule has 40 heavy (non-hydrogen) atoms. The van der Waals surface area contributed by atoms with Gasteiger partial charge in [-0.2, -0.15) is 26.3 Å². The quantitative estimate of drug-likeness (QED) is 0.452. The minimum Gasteiger partial charge on any atom is -0.407 e. The molecule has 1 heterocycles. The Morgan fingerprint density at radius 2 is 1.70 bits per heavy atom. The molecule has 218 valence electrons. The van der Waals surface area contributed by atoms with E-state index in [1.807, 2.05) is 0 Å². The molecule has 2 aromatic carbocycles. The van der Waals surface area contributed by atoms with Gasteiger partial charge < -0.3 is 19.5 Å². The first kappa shape index (κ1) is 29.4. The molecule has 8 nitrogen and oxygen atoms in total. The van der Waals surface area contributed by atoms with Gasteiger partial charge in [0.1, 0.15) is 11.4 Å². The molecular weight excluding hydrogens is 555 g/mol. The van der Waals surface area contributed by atoms with Gasteiger partial charge in [-0.1, -0.05) is 0 Å². The van der Waals surface area contributed by atoms with E-state index in [-0.39, 0.29) is 44.1 Å². The molecule has 0 spiro atoms. The summed E-state index contributed by atoms with van der Waals surface area (Å²) >= 11 is 0. The van der Waals surface area contributed by atoms with Gasteiger partial charge in [0.25, 0.3) is 0 Å². The van der Waals surface area contributed by atoms with Crippen LogP contribution < -0.4 is 14.5 Å². The number of hydrogen-bond donors (Lipinski definition) is 1. The van der Waals surface area contributed by atoms with Crippen molar-refractivity contribution in [3.05, 3.63) is 53.3 Å². The summed E-state index contributed by atoms with van der Waals surface area (Å²) in [6.45, 7) is -0.305. The first-order valence-electron chi connectivity index (χ1n) is 12.0. The molecule has 0 aromatic heterocycles. The lowest BCUT2D eigenvalue weighted by Crippen LogP contribution is -2.39. The van der Waals surface area contributed by atoms with Crippen LogP contribution >= 0.6 is 0 Å². The molecule has 1 aliphatic heterocycles. The summed E-state index contributed by atoms with van der Waals surface area (Å²) in [5.74, 6) is -1.93. The molecule has 15 heteroatoms. The van der Waals surface area contributed by atoms with Crippen molar-refractivity contribution in [2.45, 2.75) is 37.4 Å². The molecule has 1 N–H and O–H groups in total. The van der Waals surface area contributed by atoms with Gasteiger partial charge in [0.05, 0.1) is 30.1 Å². The number of aliphatic hydroxyl groups is 1. The fourth-order valence-electron chi connectivity index (χ4n) is 4.24. The smallest absolute Gasteiger partial charge is 0.407 e. The highest BCUT2D eigenvalue weighted by Crippen LogP contribution is 2.47. The summed E-state index contributed by atoms with van der Waals surface area (Å²) in [6, 6.07) is 3.48. The normalized spacial score (nSPS) is 19.6. The van der Waals surface area contributed by atoms with Crippen molar-refractivity contribution < 1.29 is 54.9 Å². The van der Waals surface area contributed by atoms with E-state index >= 15 is 0 Å². The number of benzene rings is 2. The lowest BCUT2D eigenvalue weighted by Gasteiger charge is -2.31. The Kier molecular flexibility index (Phi) is 8.17. The standard InChI is InChI=1S/C25H24F7N3O5/c1-33(16-4-2-15(26)3-5-16)23(38)40-21-19(25(30,31)32)10-14(24(27,28)29)11-20(21)35-7-6-34(22(35)37)8-9-39-18-12-17(36)13-18/h2-5,10-11,17-18,36H,6-9,12-13H2,1H3. The molecule has 2 aliphatic rings. The van der Waals surface area contributed by atoms with E-state index < -0.39 is 59.0 Å². The zero-order valence-corrected chi connectivity index (χ0v) is 20.9. The highest BCUT2D eigenvalue weighted by atomic mass is 19.4. The average molecular weight is 579 g/mol. The van der Waals surface area contributed by atoms with Crippen molar-refractivity contribution in [1.29, 1.82) is 0 Å². The van der Waals surface area contributed by atoms with Crippen molar-refractivity contribution in [3.63, 3.8) is 0 Å². The second kappa shape index (κ2) is 11.1. The number of ether oxygens (including phenoxy) is 2. The van der Waals surface area contributed by atoms with E-state index in [1.165, 1.54) is 4.90 Å². The van der Waals surface area contributed by atoms with Crippen LogP contribution in [0.15, 0.2) is 36.4 Å². The highest BCUT2D eigenvalue weighted by Gasteiger charge is 2.44. The first-order valence-corrected chi connectivity index (χ1v) is 12.0. The van der Waals surface area contributed by atoms with Crippen LogP contribution in [-0.2, 0) is 17.1 Å². The van der Waals surface area contributed by atoms with E-state index in [4.69, 9.17) is 9.47 Å². The molecule has 2 aromatic rings. The van der Waals surface area contributed by atoms with E-state index in [2.05, 4.69) is 0 Å². The molecule has 2 fully saturated rings. The number of halogens is 7. The largest absolute Gasteiger partial charge is 0.420 e. The molecule has 0 bridgehead atoms. The van der Waals surface area contributed by atoms with Crippen LogP contribution in [0.3, 0.4) is 0 Å². The van der Waals surface area contributed by atoms with Gasteiger partial charge in [0.15, 0.2) is 5.75 Å². The van der Waals surface area contributed by atoms with E-state index in [0.29, 0.717) is 23.8 Å². The first-order chi connectivity index (χ1) is 18.6. The minimum absolute atomic E-state index is 0.00452. The third-order valence-corrected chi connectivity index (χ3v) is 6.55. The number of anilines is 2. The number of urea groups is 1. The number of carbonyl (C=O) groups excluding carboxylic acids is 2. The molecule has 0 atom stereocenters. The van der Waals surface area contributed by atoms with Gasteiger partial charge in [-0.3, -0.25) is 9.80 Å². The Morgan fingerprint density at radius 3 is 2.27 bits per heavy atom. The number of nitrogens with zero attached hydrogens (tertiary/aromatic N) is 3. The predicted molar refractivity (Wildman–Crippen MR) is 127 cm³/mol. The van der Waals surface area contributed by atoms with Crippen LogP contribution in [0.1, 0.15) is 24.0 Å². The summed E-state index contributed by atoms with van der Waals surface area (Å²) in [7, 11) is 1.11. The number of carbonyl (C=O) groups is 2. The highest BCUT2D eigenvalue weighted by molar-refractivity contribution is 5.97. The van der Waals surface area contributed by atoms with Gasteiger partial charge in [0.2, 0.25) is 0 Å². The summed E-state index contributed by atoms with van der Waals surface area (Å²) < 4.78 is 107. The Labute approximate surface area is 223 Å². The van der Waals surface area contributed by atoms with Crippen LogP contribution in [0.5, 0.6) is 5.75 Å². The number of amides is 3. The predicted octanol–water partition coefficient (Wildman–Crippen LogP) is 5.28. The fourth-order valence-corrected chi connectivity index (χ4v) is 4.24. The van der Waals surface area contributed by atoms with Crippen LogP contribution in [0.25, 0.3) is 0 Å². The lowest BCUT2D eigenvalue weighted by atomic mass is 9.92. The van der Waals surface area contributed by atoms with Gasteiger partial charge in [-0.25, -0.2) is 14.0 Å². The molecule has 0 radical (unpaired) electrons. The lowest BCUT2D eigenvalue weighted by molar-refractivity contribution is -0.143. The summed E-state index contributed by atoms with van der Waals surface area (Å²) in [5, 5.41) is 9.32. The van der Waals surface area contributed by atoms with Crippen LogP contribution in [-0.4, -0.2) is 67.6 Å². The van der Waals surface area contributed by atoms with Crippen molar-refractivity contribution in [2.24, 2.45) is 0 Å². The van der Waals surface area contributed by atoms with Gasteiger partial charge >= 0.3 is 24.5 Å². The topological polar surface area (TPSA) is 82.6 Å².